The zero-order valence-corrected chi connectivity index (χ0v) is 7.76. The van der Waals surface area contributed by atoms with Crippen molar-refractivity contribution in [3.8, 4) is 11.5 Å². The van der Waals surface area contributed by atoms with Gasteiger partial charge in [0.15, 0.2) is 11.5 Å². The van der Waals surface area contributed by atoms with Gasteiger partial charge in [-0.15, -0.1) is 0 Å². The number of ether oxygens (including phenoxy) is 2. The Bertz CT molecular complexity index is 344. The molecule has 1 N–H and O–H groups in total. The molecule has 0 saturated carbocycles. The molecule has 0 spiro atoms. The number of rotatable bonds is 1. The van der Waals surface area contributed by atoms with Crippen molar-refractivity contribution < 1.29 is 14.6 Å². The van der Waals surface area contributed by atoms with Crippen LogP contribution >= 0.6 is 0 Å². The molecule has 0 atom stereocenters. The SMILES string of the molecule is Cc1c(CO)cc2c(c1C)OCO2. The zero-order valence-electron chi connectivity index (χ0n) is 7.76. The third-order valence-electron chi connectivity index (χ3n) is 2.50. The fourth-order valence-electron chi connectivity index (χ4n) is 1.53. The summed E-state index contributed by atoms with van der Waals surface area (Å²) < 4.78 is 10.5. The molecule has 2 rings (SSSR count). The van der Waals surface area contributed by atoms with Crippen molar-refractivity contribution >= 4 is 0 Å². The van der Waals surface area contributed by atoms with Crippen LogP contribution in [-0.4, -0.2) is 11.9 Å². The normalized spacial score (nSPS) is 13.5. The Morgan fingerprint density at radius 2 is 2.08 bits per heavy atom. The van der Waals surface area contributed by atoms with Gasteiger partial charge < -0.3 is 14.6 Å². The van der Waals surface area contributed by atoms with E-state index in [-0.39, 0.29) is 13.4 Å². The summed E-state index contributed by atoms with van der Waals surface area (Å²) in [6.07, 6.45) is 0. The van der Waals surface area contributed by atoms with Crippen LogP contribution in [0.4, 0.5) is 0 Å². The minimum atomic E-state index is 0.0450. The highest BCUT2D eigenvalue weighted by Gasteiger charge is 2.19. The van der Waals surface area contributed by atoms with E-state index in [9.17, 15) is 0 Å². The lowest BCUT2D eigenvalue weighted by molar-refractivity contribution is 0.173. The first kappa shape index (κ1) is 8.38. The second-order valence-corrected chi connectivity index (χ2v) is 3.18. The molecule has 0 bridgehead atoms. The molecule has 1 heterocycles. The van der Waals surface area contributed by atoms with Crippen LogP contribution in [-0.2, 0) is 6.61 Å². The highest BCUT2D eigenvalue weighted by molar-refractivity contribution is 5.54. The van der Waals surface area contributed by atoms with Crippen LogP contribution < -0.4 is 9.47 Å². The lowest BCUT2D eigenvalue weighted by atomic mass is 10.0. The lowest BCUT2D eigenvalue weighted by Crippen LogP contribution is -1.94. The molecule has 13 heavy (non-hydrogen) atoms. The van der Waals surface area contributed by atoms with Crippen molar-refractivity contribution in [1.82, 2.24) is 0 Å². The summed E-state index contributed by atoms with van der Waals surface area (Å²) in [6, 6.07) is 1.84. The topological polar surface area (TPSA) is 38.7 Å². The van der Waals surface area contributed by atoms with Gasteiger partial charge in [0, 0.05) is 0 Å². The summed E-state index contributed by atoms with van der Waals surface area (Å²) in [5.74, 6) is 1.56. The first-order valence-electron chi connectivity index (χ1n) is 4.23. The molecule has 1 aromatic rings. The Labute approximate surface area is 76.9 Å². The second kappa shape index (κ2) is 2.92. The summed E-state index contributed by atoms with van der Waals surface area (Å²) in [4.78, 5) is 0. The van der Waals surface area contributed by atoms with E-state index < -0.39 is 0 Å². The van der Waals surface area contributed by atoms with Gasteiger partial charge in [-0.05, 0) is 36.6 Å². The van der Waals surface area contributed by atoms with Crippen molar-refractivity contribution in [2.75, 3.05) is 6.79 Å². The molecule has 0 fully saturated rings. The van der Waals surface area contributed by atoms with E-state index in [1.165, 1.54) is 0 Å². The minimum Gasteiger partial charge on any atom is -0.454 e. The third-order valence-corrected chi connectivity index (χ3v) is 2.50. The second-order valence-electron chi connectivity index (χ2n) is 3.18. The molecule has 1 aromatic carbocycles. The monoisotopic (exact) mass is 180 g/mol. The number of fused-ring (bicyclic) bond motifs is 1. The van der Waals surface area contributed by atoms with Gasteiger partial charge in [-0.2, -0.15) is 0 Å². The fourth-order valence-corrected chi connectivity index (χ4v) is 1.53. The fraction of sp³-hybridized carbons (Fsp3) is 0.400. The first-order chi connectivity index (χ1) is 6.24. The van der Waals surface area contributed by atoms with Gasteiger partial charge in [0.05, 0.1) is 6.61 Å². The van der Waals surface area contributed by atoms with Crippen molar-refractivity contribution in [2.45, 2.75) is 20.5 Å². The Morgan fingerprint density at radius 3 is 2.77 bits per heavy atom. The van der Waals surface area contributed by atoms with E-state index in [4.69, 9.17) is 14.6 Å². The quantitative estimate of drug-likeness (QED) is 0.712. The standard InChI is InChI=1S/C10H12O3/c1-6-7(2)10-9(12-5-13-10)3-8(6)4-11/h3,11H,4-5H2,1-2H3. The number of aliphatic hydroxyl groups is 1. The molecule has 1 aliphatic heterocycles. The predicted molar refractivity (Wildman–Crippen MR) is 48.0 cm³/mol. The van der Waals surface area contributed by atoms with Crippen LogP contribution in [0.3, 0.4) is 0 Å². The van der Waals surface area contributed by atoms with E-state index in [0.29, 0.717) is 0 Å². The van der Waals surface area contributed by atoms with Gasteiger partial charge >= 0.3 is 0 Å². The Morgan fingerprint density at radius 1 is 1.31 bits per heavy atom. The van der Waals surface area contributed by atoms with E-state index >= 15 is 0 Å². The molecule has 0 amide bonds. The maximum absolute atomic E-state index is 9.08. The van der Waals surface area contributed by atoms with Crippen LogP contribution in [0.15, 0.2) is 6.07 Å². The number of aliphatic hydroxyl groups excluding tert-OH is 1. The number of hydrogen-bond donors (Lipinski definition) is 1. The molecule has 70 valence electrons. The van der Waals surface area contributed by atoms with Gasteiger partial charge in [0.25, 0.3) is 0 Å². The molecule has 0 saturated heterocycles. The van der Waals surface area contributed by atoms with Crippen LogP contribution in [0.1, 0.15) is 16.7 Å². The van der Waals surface area contributed by atoms with Gasteiger partial charge in [-0.25, -0.2) is 0 Å². The third kappa shape index (κ3) is 1.16. The molecule has 0 aliphatic carbocycles. The van der Waals surface area contributed by atoms with Crippen LogP contribution in [0.5, 0.6) is 11.5 Å². The molecule has 0 aromatic heterocycles. The smallest absolute Gasteiger partial charge is 0.231 e. The van der Waals surface area contributed by atoms with Crippen molar-refractivity contribution in [3.05, 3.63) is 22.8 Å². The summed E-state index contributed by atoms with van der Waals surface area (Å²) in [5, 5.41) is 9.08. The maximum atomic E-state index is 9.08. The van der Waals surface area contributed by atoms with Crippen LogP contribution in [0, 0.1) is 13.8 Å². The Kier molecular flexibility index (Phi) is 1.88. The average molecular weight is 180 g/mol. The van der Waals surface area contributed by atoms with Crippen LogP contribution in [0.25, 0.3) is 0 Å². The predicted octanol–water partition coefficient (Wildman–Crippen LogP) is 1.52. The van der Waals surface area contributed by atoms with Gasteiger partial charge in [-0.1, -0.05) is 0 Å². The molecule has 3 heteroatoms. The van der Waals surface area contributed by atoms with Crippen LogP contribution in [0.2, 0.25) is 0 Å². The Hall–Kier alpha value is -1.22. The van der Waals surface area contributed by atoms with E-state index in [1.54, 1.807) is 0 Å². The first-order valence-corrected chi connectivity index (χ1v) is 4.23. The number of benzene rings is 1. The Balaban J connectivity index is 2.61. The van der Waals surface area contributed by atoms with E-state index in [0.717, 1.165) is 28.2 Å². The van der Waals surface area contributed by atoms with Crippen molar-refractivity contribution in [3.63, 3.8) is 0 Å². The molecule has 0 radical (unpaired) electrons. The summed E-state index contributed by atoms with van der Waals surface area (Å²) in [6.45, 7) is 4.28. The van der Waals surface area contributed by atoms with Gasteiger partial charge in [0.1, 0.15) is 0 Å². The summed E-state index contributed by atoms with van der Waals surface area (Å²) in [7, 11) is 0. The van der Waals surface area contributed by atoms with Gasteiger partial charge in [0.2, 0.25) is 6.79 Å². The minimum absolute atomic E-state index is 0.0450. The molecule has 0 unspecified atom stereocenters. The summed E-state index contributed by atoms with van der Waals surface area (Å²) >= 11 is 0. The van der Waals surface area contributed by atoms with Gasteiger partial charge in [-0.3, -0.25) is 0 Å². The molecule has 3 nitrogen and oxygen atoms in total. The molecule has 1 aliphatic rings. The molecular formula is C10H12O3. The van der Waals surface area contributed by atoms with Crippen molar-refractivity contribution in [1.29, 1.82) is 0 Å². The zero-order chi connectivity index (χ0) is 9.42. The highest BCUT2D eigenvalue weighted by atomic mass is 16.7. The summed E-state index contributed by atoms with van der Waals surface area (Å²) in [5.41, 5.74) is 3.03. The highest BCUT2D eigenvalue weighted by Crippen LogP contribution is 2.38. The average Bonchev–Trinajstić information content (AvgIpc) is 2.59. The lowest BCUT2D eigenvalue weighted by Gasteiger charge is -2.08. The largest absolute Gasteiger partial charge is 0.454 e. The maximum Gasteiger partial charge on any atom is 0.231 e. The molecular weight excluding hydrogens is 168 g/mol. The van der Waals surface area contributed by atoms with E-state index in [1.807, 2.05) is 19.9 Å². The van der Waals surface area contributed by atoms with E-state index in [2.05, 4.69) is 0 Å². The van der Waals surface area contributed by atoms with Crippen molar-refractivity contribution in [2.24, 2.45) is 0 Å². The number of hydrogen-bond acceptors (Lipinski definition) is 3.